The molecule has 0 radical (unpaired) electrons. The molecular formula is C21H27ClN4O. The van der Waals surface area contributed by atoms with E-state index < -0.39 is 0 Å². The molecule has 2 saturated heterocycles. The number of rotatable bonds is 3. The van der Waals surface area contributed by atoms with Gasteiger partial charge in [0.15, 0.2) is 0 Å². The molecule has 1 aliphatic carbocycles. The molecule has 27 heavy (non-hydrogen) atoms. The van der Waals surface area contributed by atoms with Gasteiger partial charge in [-0.3, -0.25) is 4.79 Å². The van der Waals surface area contributed by atoms with E-state index in [9.17, 15) is 4.79 Å². The van der Waals surface area contributed by atoms with Gasteiger partial charge in [-0.25, -0.2) is 4.68 Å². The molecule has 1 aromatic heterocycles. The molecule has 0 unspecified atom stereocenters. The second-order valence-electron chi connectivity index (χ2n) is 8.02. The van der Waals surface area contributed by atoms with Crippen molar-refractivity contribution in [3.05, 3.63) is 47.8 Å². The summed E-state index contributed by atoms with van der Waals surface area (Å²) in [7, 11) is 0. The lowest BCUT2D eigenvalue weighted by atomic mass is 9.92. The molecule has 1 saturated carbocycles. The van der Waals surface area contributed by atoms with Crippen molar-refractivity contribution >= 4 is 18.3 Å². The van der Waals surface area contributed by atoms with Crippen molar-refractivity contribution in [3.63, 3.8) is 0 Å². The maximum Gasteiger partial charge on any atom is 0.272 e. The van der Waals surface area contributed by atoms with Crippen LogP contribution in [0, 0.1) is 11.8 Å². The number of nitrogens with one attached hydrogen (secondary N) is 1. The van der Waals surface area contributed by atoms with Crippen molar-refractivity contribution < 1.29 is 4.79 Å². The van der Waals surface area contributed by atoms with Crippen LogP contribution in [0.4, 0.5) is 0 Å². The van der Waals surface area contributed by atoms with Gasteiger partial charge in [0.2, 0.25) is 0 Å². The summed E-state index contributed by atoms with van der Waals surface area (Å²) >= 11 is 0. The molecule has 0 spiro atoms. The van der Waals surface area contributed by atoms with Crippen LogP contribution >= 0.6 is 12.4 Å². The van der Waals surface area contributed by atoms with Crippen LogP contribution in [0.1, 0.15) is 47.8 Å². The molecule has 1 N–H and O–H groups in total. The minimum atomic E-state index is 0. The van der Waals surface area contributed by atoms with Crippen molar-refractivity contribution in [2.45, 2.75) is 31.6 Å². The van der Waals surface area contributed by atoms with Gasteiger partial charge in [0, 0.05) is 19.0 Å². The minimum Gasteiger partial charge on any atom is -0.337 e. The van der Waals surface area contributed by atoms with Crippen LogP contribution in [0.25, 0.3) is 5.69 Å². The number of hydrogen-bond acceptors (Lipinski definition) is 3. The molecule has 1 amide bonds. The average molecular weight is 387 g/mol. The highest BCUT2D eigenvalue weighted by Gasteiger charge is 2.34. The SMILES string of the molecule is Cl.O=C(c1cc(C2CC2)nn1-c1ccccc1)N1CC[C@@H]2CNC[C@@H]2CC1. The summed E-state index contributed by atoms with van der Waals surface area (Å²) in [6.07, 6.45) is 4.61. The highest BCUT2D eigenvalue weighted by molar-refractivity contribution is 5.93. The summed E-state index contributed by atoms with van der Waals surface area (Å²) in [6, 6.07) is 12.1. The number of aromatic nitrogens is 2. The number of amides is 1. The van der Waals surface area contributed by atoms with Crippen molar-refractivity contribution in [1.29, 1.82) is 0 Å². The Morgan fingerprint density at radius 2 is 1.67 bits per heavy atom. The lowest BCUT2D eigenvalue weighted by Crippen LogP contribution is -2.34. The van der Waals surface area contributed by atoms with E-state index in [1.807, 2.05) is 41.1 Å². The van der Waals surface area contributed by atoms with Gasteiger partial charge in [-0.15, -0.1) is 12.4 Å². The zero-order valence-electron chi connectivity index (χ0n) is 15.5. The second-order valence-corrected chi connectivity index (χ2v) is 8.02. The number of para-hydroxylation sites is 1. The first-order valence-electron chi connectivity index (χ1n) is 9.95. The Hall–Kier alpha value is -1.85. The number of likely N-dealkylation sites (tertiary alicyclic amines) is 1. The van der Waals surface area contributed by atoms with Crippen molar-refractivity contribution in [1.82, 2.24) is 20.0 Å². The molecule has 3 heterocycles. The summed E-state index contributed by atoms with van der Waals surface area (Å²) in [5.74, 6) is 2.14. The van der Waals surface area contributed by atoms with Crippen molar-refractivity contribution in [2.75, 3.05) is 26.2 Å². The minimum absolute atomic E-state index is 0. The molecule has 3 aliphatic rings. The Labute approximate surface area is 166 Å². The number of fused-ring (bicyclic) bond motifs is 1. The number of carbonyl (C=O) groups excluding carboxylic acids is 1. The van der Waals surface area contributed by atoms with Crippen LogP contribution in [0.15, 0.2) is 36.4 Å². The van der Waals surface area contributed by atoms with Gasteiger partial charge in [-0.05, 0) is 68.8 Å². The van der Waals surface area contributed by atoms with Crippen LogP contribution < -0.4 is 5.32 Å². The Bertz CT molecular complexity index is 788. The van der Waals surface area contributed by atoms with E-state index in [0.29, 0.717) is 5.92 Å². The zero-order valence-corrected chi connectivity index (χ0v) is 16.3. The highest BCUT2D eigenvalue weighted by atomic mass is 35.5. The summed E-state index contributed by atoms with van der Waals surface area (Å²) in [6.45, 7) is 3.95. The fraction of sp³-hybridized carbons (Fsp3) is 0.524. The first-order chi connectivity index (χ1) is 12.8. The maximum atomic E-state index is 13.4. The van der Waals surface area contributed by atoms with E-state index in [1.165, 1.54) is 12.8 Å². The Morgan fingerprint density at radius 1 is 1.00 bits per heavy atom. The topological polar surface area (TPSA) is 50.2 Å². The summed E-state index contributed by atoms with van der Waals surface area (Å²) in [5.41, 5.74) is 2.77. The molecule has 2 aliphatic heterocycles. The van der Waals surface area contributed by atoms with Gasteiger partial charge in [-0.2, -0.15) is 5.10 Å². The van der Waals surface area contributed by atoms with Gasteiger partial charge in [-0.1, -0.05) is 18.2 Å². The van der Waals surface area contributed by atoms with E-state index >= 15 is 0 Å². The second kappa shape index (κ2) is 7.64. The largest absolute Gasteiger partial charge is 0.337 e. The number of hydrogen-bond donors (Lipinski definition) is 1. The predicted molar refractivity (Wildman–Crippen MR) is 108 cm³/mol. The monoisotopic (exact) mass is 386 g/mol. The molecule has 5 rings (SSSR count). The maximum absolute atomic E-state index is 13.4. The first-order valence-corrected chi connectivity index (χ1v) is 9.95. The third kappa shape index (κ3) is 3.63. The third-order valence-electron chi connectivity index (χ3n) is 6.25. The quantitative estimate of drug-likeness (QED) is 0.880. The van der Waals surface area contributed by atoms with Gasteiger partial charge in [0.25, 0.3) is 5.91 Å². The number of halogens is 1. The number of nitrogens with zero attached hydrogens (tertiary/aromatic N) is 3. The lowest BCUT2D eigenvalue weighted by molar-refractivity contribution is 0.0749. The van der Waals surface area contributed by atoms with Gasteiger partial charge >= 0.3 is 0 Å². The summed E-state index contributed by atoms with van der Waals surface area (Å²) in [4.78, 5) is 15.4. The highest BCUT2D eigenvalue weighted by Crippen LogP contribution is 2.40. The molecule has 1 aromatic carbocycles. The molecule has 144 valence electrons. The van der Waals surface area contributed by atoms with Crippen molar-refractivity contribution in [3.8, 4) is 5.69 Å². The Morgan fingerprint density at radius 3 is 2.30 bits per heavy atom. The molecule has 3 fully saturated rings. The van der Waals surface area contributed by atoms with E-state index in [4.69, 9.17) is 5.10 Å². The Balaban J connectivity index is 0.00000180. The molecule has 6 heteroatoms. The number of carbonyl (C=O) groups is 1. The fourth-order valence-electron chi connectivity index (χ4n) is 4.48. The zero-order chi connectivity index (χ0) is 17.5. The van der Waals surface area contributed by atoms with E-state index in [-0.39, 0.29) is 18.3 Å². The van der Waals surface area contributed by atoms with Crippen LogP contribution in [-0.4, -0.2) is 46.8 Å². The van der Waals surface area contributed by atoms with Crippen LogP contribution in [0.2, 0.25) is 0 Å². The van der Waals surface area contributed by atoms with Gasteiger partial charge in [0.1, 0.15) is 5.69 Å². The normalized spacial score (nSPS) is 24.8. The smallest absolute Gasteiger partial charge is 0.272 e. The van der Waals surface area contributed by atoms with E-state index in [2.05, 4.69) is 10.2 Å². The van der Waals surface area contributed by atoms with Crippen LogP contribution in [0.3, 0.4) is 0 Å². The fourth-order valence-corrected chi connectivity index (χ4v) is 4.48. The standard InChI is InChI=1S/C21H26N4O.ClH/c26-21(24-10-8-16-13-22-14-17(16)9-11-24)20-12-19(15-6-7-15)23-25(20)18-4-2-1-3-5-18;/h1-5,12,15-17,22H,6-11,13-14H2;1H/t16-,17+;. The molecule has 2 aromatic rings. The molecular weight excluding hydrogens is 360 g/mol. The van der Waals surface area contributed by atoms with Crippen LogP contribution in [0.5, 0.6) is 0 Å². The van der Waals surface area contributed by atoms with E-state index in [1.54, 1.807) is 0 Å². The average Bonchev–Trinajstić information content (AvgIpc) is 3.34. The van der Waals surface area contributed by atoms with Crippen LogP contribution in [-0.2, 0) is 0 Å². The predicted octanol–water partition coefficient (Wildman–Crippen LogP) is 3.24. The van der Waals surface area contributed by atoms with Gasteiger partial charge < -0.3 is 10.2 Å². The van der Waals surface area contributed by atoms with Crippen molar-refractivity contribution in [2.24, 2.45) is 11.8 Å². The third-order valence-corrected chi connectivity index (χ3v) is 6.25. The Kier molecular flexibility index (Phi) is 5.24. The molecule has 5 nitrogen and oxygen atoms in total. The number of benzene rings is 1. The summed E-state index contributed by atoms with van der Waals surface area (Å²) in [5, 5.41) is 8.30. The molecule has 2 atom stereocenters. The van der Waals surface area contributed by atoms with E-state index in [0.717, 1.165) is 67.9 Å². The summed E-state index contributed by atoms with van der Waals surface area (Å²) < 4.78 is 1.86. The van der Waals surface area contributed by atoms with Gasteiger partial charge in [0.05, 0.1) is 11.4 Å². The molecule has 0 bridgehead atoms. The lowest BCUT2D eigenvalue weighted by Gasteiger charge is -2.21. The first kappa shape index (κ1) is 18.5.